The second-order valence-electron chi connectivity index (χ2n) is 2.10. The Morgan fingerprint density at radius 1 is 1.78 bits per heavy atom. The highest BCUT2D eigenvalue weighted by Gasteiger charge is 2.42. The number of hydrogen-bond donors (Lipinski definition) is 1. The predicted molar refractivity (Wildman–Crippen MR) is 27.4 cm³/mol. The molecule has 1 aliphatic rings. The minimum absolute atomic E-state index is 0.0394. The maximum atomic E-state index is 12.6. The van der Waals surface area contributed by atoms with E-state index in [1.165, 1.54) is 0 Å². The molecule has 2 nitrogen and oxygen atoms in total. The highest BCUT2D eigenvalue weighted by Crippen LogP contribution is 2.20. The summed E-state index contributed by atoms with van der Waals surface area (Å²) in [6.45, 7) is -0.960. The summed E-state index contributed by atoms with van der Waals surface area (Å²) in [7, 11) is 0. The zero-order chi connectivity index (χ0) is 6.91. The van der Waals surface area contributed by atoms with E-state index in [1.807, 2.05) is 0 Å². The van der Waals surface area contributed by atoms with Crippen LogP contribution in [-0.2, 0) is 4.79 Å². The van der Waals surface area contributed by atoms with Crippen molar-refractivity contribution in [1.29, 1.82) is 0 Å². The molecular weight excluding hydrogens is 128 g/mol. The minimum Gasteiger partial charge on any atom is -0.353 e. The average molecular weight is 135 g/mol. The van der Waals surface area contributed by atoms with Crippen molar-refractivity contribution in [3.63, 3.8) is 0 Å². The largest absolute Gasteiger partial charge is 0.353 e. The van der Waals surface area contributed by atoms with E-state index in [2.05, 4.69) is 5.32 Å². The van der Waals surface area contributed by atoms with E-state index in [0.29, 0.717) is 0 Å². The quantitative estimate of drug-likeness (QED) is 0.546. The Morgan fingerprint density at radius 2 is 2.44 bits per heavy atom. The summed E-state index contributed by atoms with van der Waals surface area (Å²) in [5.41, 5.74) is -2.22. The Bertz CT molecular complexity index is 139. The van der Waals surface area contributed by atoms with Gasteiger partial charge in [-0.25, -0.2) is 8.78 Å². The lowest BCUT2D eigenvalue weighted by Crippen LogP contribution is -2.35. The highest BCUT2D eigenvalue weighted by atomic mass is 19.2. The van der Waals surface area contributed by atoms with Gasteiger partial charge in [-0.05, 0) is 0 Å². The highest BCUT2D eigenvalue weighted by molar-refractivity contribution is 5.87. The number of carbonyl (C=O) groups is 1. The second kappa shape index (κ2) is 1.93. The first-order valence-electron chi connectivity index (χ1n) is 2.72. The molecule has 1 amide bonds. The molecule has 1 rings (SSSR count). The zero-order valence-electron chi connectivity index (χ0n) is 4.79. The number of rotatable bonds is 1. The average Bonchev–Trinajstić information content (AvgIpc) is 2.15. The first-order chi connectivity index (χ1) is 4.19. The molecule has 0 aromatic heterocycles. The van der Waals surface area contributed by atoms with Crippen LogP contribution in [0.1, 0.15) is 6.42 Å². The number of carbonyl (C=O) groups excluding carboxylic acids is 1. The van der Waals surface area contributed by atoms with Crippen molar-refractivity contribution in [3.8, 4) is 0 Å². The van der Waals surface area contributed by atoms with Crippen LogP contribution in [0.15, 0.2) is 0 Å². The van der Waals surface area contributed by atoms with Crippen LogP contribution in [0.4, 0.5) is 8.78 Å². The van der Waals surface area contributed by atoms with Crippen LogP contribution in [0.2, 0.25) is 0 Å². The van der Waals surface area contributed by atoms with Gasteiger partial charge in [0, 0.05) is 13.0 Å². The van der Waals surface area contributed by atoms with E-state index in [4.69, 9.17) is 0 Å². The van der Waals surface area contributed by atoms with Crippen molar-refractivity contribution >= 4 is 5.91 Å². The maximum Gasteiger partial charge on any atom is 0.260 e. The van der Waals surface area contributed by atoms with Gasteiger partial charge < -0.3 is 5.32 Å². The van der Waals surface area contributed by atoms with Gasteiger partial charge in [-0.3, -0.25) is 4.79 Å². The summed E-state index contributed by atoms with van der Waals surface area (Å²) >= 11 is 0. The van der Waals surface area contributed by atoms with E-state index in [1.54, 1.807) is 0 Å². The lowest BCUT2D eigenvalue weighted by Gasteiger charge is -2.08. The van der Waals surface area contributed by atoms with Gasteiger partial charge in [0.2, 0.25) is 5.67 Å². The third-order valence-electron chi connectivity index (χ3n) is 1.43. The third-order valence-corrected chi connectivity index (χ3v) is 1.43. The zero-order valence-corrected chi connectivity index (χ0v) is 4.79. The molecule has 0 spiro atoms. The summed E-state index contributed by atoms with van der Waals surface area (Å²) in [5, 5.41) is 2.21. The topological polar surface area (TPSA) is 29.1 Å². The summed E-state index contributed by atoms with van der Waals surface area (Å²) in [5.74, 6) is -0.815. The van der Waals surface area contributed by atoms with Gasteiger partial charge in [0.1, 0.15) is 6.67 Å². The molecule has 0 radical (unpaired) electrons. The maximum absolute atomic E-state index is 12.6. The summed E-state index contributed by atoms with van der Waals surface area (Å²) in [4.78, 5) is 10.4. The molecule has 0 bridgehead atoms. The van der Waals surface area contributed by atoms with E-state index < -0.39 is 18.3 Å². The lowest BCUT2D eigenvalue weighted by molar-refractivity contribution is -0.130. The van der Waals surface area contributed by atoms with Crippen molar-refractivity contribution in [3.05, 3.63) is 0 Å². The first-order valence-corrected chi connectivity index (χ1v) is 2.72. The van der Waals surface area contributed by atoms with Crippen LogP contribution < -0.4 is 5.32 Å². The van der Waals surface area contributed by atoms with Crippen molar-refractivity contribution in [2.45, 2.75) is 12.1 Å². The Hall–Kier alpha value is -0.670. The number of hydrogen-bond acceptors (Lipinski definition) is 1. The summed E-state index contributed by atoms with van der Waals surface area (Å²) in [6.07, 6.45) is -0.0394. The SMILES string of the molecule is O=C1NCC[C@@]1(F)CF. The van der Waals surface area contributed by atoms with Gasteiger partial charge in [-0.15, -0.1) is 0 Å². The molecule has 1 fully saturated rings. The molecule has 0 unspecified atom stereocenters. The van der Waals surface area contributed by atoms with Gasteiger partial charge >= 0.3 is 0 Å². The smallest absolute Gasteiger partial charge is 0.260 e. The molecule has 1 aliphatic heterocycles. The normalized spacial score (nSPS) is 34.7. The number of halogens is 2. The Morgan fingerprint density at radius 3 is 2.67 bits per heavy atom. The van der Waals surface area contributed by atoms with Crippen molar-refractivity contribution < 1.29 is 13.6 Å². The van der Waals surface area contributed by atoms with E-state index >= 15 is 0 Å². The molecule has 52 valence electrons. The van der Waals surface area contributed by atoms with Crippen LogP contribution in [0.5, 0.6) is 0 Å². The second-order valence-corrected chi connectivity index (χ2v) is 2.10. The molecular formula is C5H7F2NO. The van der Waals surface area contributed by atoms with Gasteiger partial charge in [-0.1, -0.05) is 0 Å². The monoisotopic (exact) mass is 135 g/mol. The van der Waals surface area contributed by atoms with Gasteiger partial charge in [-0.2, -0.15) is 0 Å². The molecule has 9 heavy (non-hydrogen) atoms. The fraction of sp³-hybridized carbons (Fsp3) is 0.800. The van der Waals surface area contributed by atoms with E-state index in [-0.39, 0.29) is 13.0 Å². The van der Waals surface area contributed by atoms with Crippen LogP contribution in [0.25, 0.3) is 0 Å². The van der Waals surface area contributed by atoms with Gasteiger partial charge in [0.15, 0.2) is 0 Å². The minimum atomic E-state index is -2.22. The molecule has 0 aliphatic carbocycles. The fourth-order valence-electron chi connectivity index (χ4n) is 0.774. The van der Waals surface area contributed by atoms with Gasteiger partial charge in [0.05, 0.1) is 0 Å². The van der Waals surface area contributed by atoms with Crippen molar-refractivity contribution in [2.24, 2.45) is 0 Å². The first kappa shape index (κ1) is 6.45. The van der Waals surface area contributed by atoms with E-state index in [9.17, 15) is 13.6 Å². The summed E-state index contributed by atoms with van der Waals surface area (Å²) < 4.78 is 24.3. The Balaban J connectivity index is 2.67. The third kappa shape index (κ3) is 0.886. The molecule has 1 saturated heterocycles. The van der Waals surface area contributed by atoms with Crippen LogP contribution in [0, 0.1) is 0 Å². The molecule has 0 saturated carbocycles. The summed E-state index contributed by atoms with van der Waals surface area (Å²) in [6, 6.07) is 0. The van der Waals surface area contributed by atoms with Crippen LogP contribution >= 0.6 is 0 Å². The fourth-order valence-corrected chi connectivity index (χ4v) is 0.774. The molecule has 4 heteroatoms. The number of amides is 1. The predicted octanol–water partition coefficient (Wildman–Crippen LogP) is 0.184. The van der Waals surface area contributed by atoms with Crippen LogP contribution in [-0.4, -0.2) is 24.8 Å². The van der Waals surface area contributed by atoms with Crippen LogP contribution in [0.3, 0.4) is 0 Å². The number of alkyl halides is 2. The van der Waals surface area contributed by atoms with Crippen molar-refractivity contribution in [1.82, 2.24) is 5.32 Å². The Labute approximate surface area is 51.2 Å². The molecule has 1 heterocycles. The Kier molecular flexibility index (Phi) is 1.38. The molecule has 1 N–H and O–H groups in total. The van der Waals surface area contributed by atoms with Gasteiger partial charge in [0.25, 0.3) is 5.91 Å². The van der Waals surface area contributed by atoms with Crippen molar-refractivity contribution in [2.75, 3.05) is 13.2 Å². The standard InChI is InChI=1S/C5H7F2NO/c6-3-5(7)1-2-8-4(5)9/h1-3H2,(H,8,9)/t5-/m1/s1. The lowest BCUT2D eigenvalue weighted by atomic mass is 10.1. The van der Waals surface area contributed by atoms with E-state index in [0.717, 1.165) is 0 Å². The number of nitrogens with one attached hydrogen (secondary N) is 1. The molecule has 0 aromatic carbocycles. The molecule has 0 aromatic rings. The molecule has 1 atom stereocenters.